The van der Waals surface area contributed by atoms with Crippen LogP contribution in [0.5, 0.6) is 0 Å². The molecule has 0 saturated carbocycles. The molecule has 3 aromatic rings. The van der Waals surface area contributed by atoms with Crippen molar-refractivity contribution in [3.8, 4) is 0 Å². The quantitative estimate of drug-likeness (QED) is 0.407. The predicted octanol–water partition coefficient (Wildman–Crippen LogP) is 4.66. The summed E-state index contributed by atoms with van der Waals surface area (Å²) in [6.45, 7) is 4.23. The Morgan fingerprint density at radius 2 is 1.87 bits per heavy atom. The summed E-state index contributed by atoms with van der Waals surface area (Å²) in [6.07, 6.45) is 2.87. The lowest BCUT2D eigenvalue weighted by molar-refractivity contribution is -0.128. The molecular weight excluding hydrogens is 514 g/mol. The number of thioether (sulfide) groups is 1. The molecule has 2 aliphatic rings. The smallest absolute Gasteiger partial charge is 0.259 e. The largest absolute Gasteiger partial charge is 0.467 e. The highest BCUT2D eigenvalue weighted by Gasteiger charge is 2.43. The molecule has 2 aromatic carbocycles. The zero-order chi connectivity index (χ0) is 27.4. The highest BCUT2D eigenvalue weighted by atomic mass is 32.2. The monoisotopic (exact) mass is 543 g/mol. The van der Waals surface area contributed by atoms with E-state index in [1.807, 2.05) is 55.5 Å². The standard InChI is InChI=1S/C29H29N5O4S/c1-3-18-11-13-19(14-12-18)31-27(36)24(4-2)39-29-33-22-10-6-5-9-21(22)26-32-23(28(37)34(26)29)16-25(35)30-17-20-8-7-15-38-20/h5-15,23-24H,3-4,16-17H2,1-2H3,(H,30,35)(H,31,36). The van der Waals surface area contributed by atoms with Gasteiger partial charge in [0.05, 0.1) is 30.2 Å². The maximum atomic E-state index is 13.5. The lowest BCUT2D eigenvalue weighted by Crippen LogP contribution is -2.43. The van der Waals surface area contributed by atoms with Crippen LogP contribution in [0.25, 0.3) is 0 Å². The first kappa shape index (κ1) is 26.4. The molecule has 2 aliphatic heterocycles. The van der Waals surface area contributed by atoms with Gasteiger partial charge in [-0.2, -0.15) is 0 Å². The minimum atomic E-state index is -0.889. The van der Waals surface area contributed by atoms with Crippen LogP contribution in [0.4, 0.5) is 11.4 Å². The first-order valence-corrected chi connectivity index (χ1v) is 13.8. The molecule has 2 unspecified atom stereocenters. The van der Waals surface area contributed by atoms with Gasteiger partial charge in [0.15, 0.2) is 5.17 Å². The van der Waals surface area contributed by atoms with E-state index in [9.17, 15) is 14.4 Å². The number of fused-ring (bicyclic) bond motifs is 3. The van der Waals surface area contributed by atoms with Crippen molar-refractivity contribution in [2.24, 2.45) is 9.98 Å². The fourth-order valence-corrected chi connectivity index (χ4v) is 5.38. The molecule has 0 radical (unpaired) electrons. The van der Waals surface area contributed by atoms with Crippen molar-refractivity contribution in [1.82, 2.24) is 10.2 Å². The van der Waals surface area contributed by atoms with Gasteiger partial charge in [-0.1, -0.05) is 49.9 Å². The van der Waals surface area contributed by atoms with Crippen LogP contribution in [-0.4, -0.2) is 44.9 Å². The number of amidine groups is 2. The summed E-state index contributed by atoms with van der Waals surface area (Å²) in [5.41, 5.74) is 3.28. The number of anilines is 1. The molecule has 200 valence electrons. The van der Waals surface area contributed by atoms with E-state index in [4.69, 9.17) is 9.41 Å². The summed E-state index contributed by atoms with van der Waals surface area (Å²) in [7, 11) is 0. The van der Waals surface area contributed by atoms with Crippen LogP contribution in [-0.2, 0) is 27.3 Å². The Balaban J connectivity index is 1.33. The Kier molecular flexibility index (Phi) is 7.92. The lowest BCUT2D eigenvalue weighted by Gasteiger charge is -2.27. The van der Waals surface area contributed by atoms with Crippen LogP contribution >= 0.6 is 11.8 Å². The lowest BCUT2D eigenvalue weighted by atomic mass is 10.1. The van der Waals surface area contributed by atoms with E-state index in [0.717, 1.165) is 6.42 Å². The van der Waals surface area contributed by atoms with Crippen molar-refractivity contribution >= 4 is 51.9 Å². The molecule has 0 saturated heterocycles. The van der Waals surface area contributed by atoms with Crippen molar-refractivity contribution in [1.29, 1.82) is 0 Å². The Labute approximate surface area is 230 Å². The maximum Gasteiger partial charge on any atom is 0.259 e. The van der Waals surface area contributed by atoms with Gasteiger partial charge < -0.3 is 15.1 Å². The van der Waals surface area contributed by atoms with Crippen LogP contribution in [0, 0.1) is 0 Å². The number of carbonyl (C=O) groups excluding carboxylic acids is 3. The first-order chi connectivity index (χ1) is 19.0. The van der Waals surface area contributed by atoms with Gasteiger partial charge in [0.25, 0.3) is 5.91 Å². The summed E-state index contributed by atoms with van der Waals surface area (Å²) in [5.74, 6) is 0.238. The number of nitrogens with zero attached hydrogens (tertiary/aromatic N) is 3. The van der Waals surface area contributed by atoms with Crippen LogP contribution in [0.1, 0.15) is 43.6 Å². The van der Waals surface area contributed by atoms with Crippen LogP contribution < -0.4 is 10.6 Å². The number of carbonyl (C=O) groups is 3. The number of rotatable bonds is 9. The van der Waals surface area contributed by atoms with Crippen molar-refractivity contribution in [2.75, 3.05) is 5.32 Å². The average molecular weight is 544 g/mol. The fourth-order valence-electron chi connectivity index (χ4n) is 4.36. The number of furan rings is 1. The number of nitrogens with one attached hydrogen (secondary N) is 2. The Morgan fingerprint density at radius 1 is 1.08 bits per heavy atom. The number of aryl methyl sites for hydroxylation is 1. The molecule has 1 aromatic heterocycles. The molecule has 0 fully saturated rings. The number of para-hydroxylation sites is 1. The van der Waals surface area contributed by atoms with Crippen molar-refractivity contribution in [3.63, 3.8) is 0 Å². The van der Waals surface area contributed by atoms with E-state index >= 15 is 0 Å². The van der Waals surface area contributed by atoms with Crippen LogP contribution in [0.2, 0.25) is 0 Å². The number of hydrogen-bond donors (Lipinski definition) is 2. The molecule has 2 N–H and O–H groups in total. The predicted molar refractivity (Wildman–Crippen MR) is 152 cm³/mol. The molecule has 3 heterocycles. The van der Waals surface area contributed by atoms with Crippen molar-refractivity contribution in [3.05, 3.63) is 83.8 Å². The minimum Gasteiger partial charge on any atom is -0.467 e. The number of amides is 3. The van der Waals surface area contributed by atoms with E-state index in [0.29, 0.717) is 40.1 Å². The van der Waals surface area contributed by atoms with Gasteiger partial charge >= 0.3 is 0 Å². The Morgan fingerprint density at radius 3 is 2.59 bits per heavy atom. The molecule has 5 rings (SSSR count). The molecule has 2 atom stereocenters. The highest BCUT2D eigenvalue weighted by molar-refractivity contribution is 8.15. The van der Waals surface area contributed by atoms with E-state index in [1.165, 1.54) is 28.5 Å². The van der Waals surface area contributed by atoms with E-state index in [-0.39, 0.29) is 30.7 Å². The van der Waals surface area contributed by atoms with Gasteiger partial charge in [-0.15, -0.1) is 0 Å². The third-order valence-corrected chi connectivity index (χ3v) is 7.82. The van der Waals surface area contributed by atoms with Gasteiger partial charge in [0.1, 0.15) is 17.6 Å². The fraction of sp³-hybridized carbons (Fsp3) is 0.276. The number of aliphatic imine (C=N–C) groups is 2. The van der Waals surface area contributed by atoms with Gasteiger partial charge in [0, 0.05) is 11.3 Å². The molecule has 39 heavy (non-hydrogen) atoms. The van der Waals surface area contributed by atoms with Crippen LogP contribution in [0.3, 0.4) is 0 Å². The molecule has 0 bridgehead atoms. The average Bonchev–Trinajstić information content (AvgIpc) is 3.59. The van der Waals surface area contributed by atoms with Gasteiger partial charge in [-0.3, -0.25) is 19.4 Å². The van der Waals surface area contributed by atoms with Gasteiger partial charge in [-0.25, -0.2) is 9.89 Å². The first-order valence-electron chi connectivity index (χ1n) is 12.9. The second-order valence-electron chi connectivity index (χ2n) is 9.17. The second kappa shape index (κ2) is 11.7. The van der Waals surface area contributed by atoms with E-state index in [2.05, 4.69) is 22.5 Å². The summed E-state index contributed by atoms with van der Waals surface area (Å²) < 4.78 is 5.25. The summed E-state index contributed by atoms with van der Waals surface area (Å²) in [4.78, 5) is 50.2. The maximum absolute atomic E-state index is 13.5. The third-order valence-electron chi connectivity index (χ3n) is 6.51. The summed E-state index contributed by atoms with van der Waals surface area (Å²) in [6, 6.07) is 17.8. The Bertz CT molecular complexity index is 1430. The zero-order valence-electron chi connectivity index (χ0n) is 21.7. The van der Waals surface area contributed by atoms with Crippen molar-refractivity contribution in [2.45, 2.75) is 50.9 Å². The van der Waals surface area contributed by atoms with E-state index in [1.54, 1.807) is 12.1 Å². The third kappa shape index (κ3) is 5.80. The molecular formula is C29H29N5O4S. The van der Waals surface area contributed by atoms with Crippen molar-refractivity contribution < 1.29 is 18.8 Å². The van der Waals surface area contributed by atoms with Gasteiger partial charge in [-0.05, 0) is 54.8 Å². The number of benzene rings is 2. The molecule has 9 nitrogen and oxygen atoms in total. The summed E-state index contributed by atoms with van der Waals surface area (Å²) >= 11 is 1.22. The normalized spacial score (nSPS) is 16.6. The number of hydrogen-bond acceptors (Lipinski definition) is 7. The summed E-state index contributed by atoms with van der Waals surface area (Å²) in [5, 5.41) is 5.62. The minimum absolute atomic E-state index is 0.106. The zero-order valence-corrected chi connectivity index (χ0v) is 22.5. The topological polar surface area (TPSA) is 116 Å². The molecule has 10 heteroatoms. The van der Waals surface area contributed by atoms with Crippen LogP contribution in [0.15, 0.2) is 81.3 Å². The van der Waals surface area contributed by atoms with E-state index < -0.39 is 11.3 Å². The second-order valence-corrected chi connectivity index (χ2v) is 10.3. The van der Waals surface area contributed by atoms with Gasteiger partial charge in [0.2, 0.25) is 11.8 Å². The highest BCUT2D eigenvalue weighted by Crippen LogP contribution is 2.35. The molecule has 0 spiro atoms. The SMILES string of the molecule is CCc1ccc(NC(=O)C(CC)SC2=Nc3ccccc3C3=NC(CC(=O)NCc4ccco4)C(=O)N23)cc1. The molecule has 3 amide bonds. The molecule has 0 aliphatic carbocycles. The Hall–Kier alpha value is -4.18.